The Bertz CT molecular complexity index is 749. The van der Waals surface area contributed by atoms with Crippen LogP contribution in [-0.2, 0) is 9.59 Å². The van der Waals surface area contributed by atoms with Crippen molar-refractivity contribution >= 4 is 39.1 Å². The second kappa shape index (κ2) is 7.37. The molecule has 0 aromatic heterocycles. The highest BCUT2D eigenvalue weighted by atomic mass is 79.9. The van der Waals surface area contributed by atoms with Gasteiger partial charge in [0.15, 0.2) is 0 Å². The third-order valence-electron chi connectivity index (χ3n) is 3.26. The van der Waals surface area contributed by atoms with Gasteiger partial charge in [0.05, 0.1) is 0 Å². The third-order valence-corrected chi connectivity index (χ3v) is 4.11. The van der Waals surface area contributed by atoms with Crippen molar-refractivity contribution < 1.29 is 14.0 Å². The SMILES string of the molecule is CC(=O)N(CC(=O)Nc1ccc(C)c(Br)c1)c1cccc(F)c1. The first kappa shape index (κ1) is 17.1. The Morgan fingerprint density at radius 1 is 1.22 bits per heavy atom. The van der Waals surface area contributed by atoms with Crippen molar-refractivity contribution in [2.75, 3.05) is 16.8 Å². The second-order valence-corrected chi connectivity index (χ2v) is 5.95. The molecule has 4 nitrogen and oxygen atoms in total. The Morgan fingerprint density at radius 3 is 2.57 bits per heavy atom. The van der Waals surface area contributed by atoms with E-state index in [4.69, 9.17) is 0 Å². The minimum absolute atomic E-state index is 0.190. The molecule has 0 radical (unpaired) electrons. The summed E-state index contributed by atoms with van der Waals surface area (Å²) in [6.45, 7) is 3.09. The number of anilines is 2. The molecule has 2 amide bonds. The minimum Gasteiger partial charge on any atom is -0.324 e. The fourth-order valence-corrected chi connectivity index (χ4v) is 2.42. The molecule has 0 saturated carbocycles. The quantitative estimate of drug-likeness (QED) is 0.877. The lowest BCUT2D eigenvalue weighted by molar-refractivity contribution is -0.120. The molecule has 6 heteroatoms. The van der Waals surface area contributed by atoms with Gasteiger partial charge >= 0.3 is 0 Å². The van der Waals surface area contributed by atoms with Gasteiger partial charge in [-0.25, -0.2) is 4.39 Å². The van der Waals surface area contributed by atoms with Crippen molar-refractivity contribution in [1.82, 2.24) is 0 Å². The number of rotatable bonds is 4. The standard InChI is InChI=1S/C17H16BrFN2O2/c1-11-6-7-14(9-16(11)18)20-17(23)10-21(12(2)22)15-5-3-4-13(19)8-15/h3-9H,10H2,1-2H3,(H,20,23). The number of hydrogen-bond donors (Lipinski definition) is 1. The van der Waals surface area contributed by atoms with E-state index in [1.165, 1.54) is 30.0 Å². The Balaban J connectivity index is 2.12. The molecule has 23 heavy (non-hydrogen) atoms. The van der Waals surface area contributed by atoms with Gasteiger partial charge in [-0.05, 0) is 42.8 Å². The van der Waals surface area contributed by atoms with Crippen molar-refractivity contribution in [2.24, 2.45) is 0 Å². The van der Waals surface area contributed by atoms with Gasteiger partial charge < -0.3 is 10.2 Å². The normalized spacial score (nSPS) is 10.3. The highest BCUT2D eigenvalue weighted by Crippen LogP contribution is 2.21. The van der Waals surface area contributed by atoms with E-state index in [1.807, 2.05) is 13.0 Å². The largest absolute Gasteiger partial charge is 0.324 e. The molecule has 0 aliphatic rings. The average molecular weight is 379 g/mol. The van der Waals surface area contributed by atoms with E-state index in [0.717, 1.165) is 10.0 Å². The monoisotopic (exact) mass is 378 g/mol. The number of carbonyl (C=O) groups is 2. The van der Waals surface area contributed by atoms with Gasteiger partial charge in [-0.2, -0.15) is 0 Å². The van der Waals surface area contributed by atoms with Crippen LogP contribution in [0.15, 0.2) is 46.9 Å². The van der Waals surface area contributed by atoms with Crippen LogP contribution < -0.4 is 10.2 Å². The van der Waals surface area contributed by atoms with Crippen LogP contribution in [0.25, 0.3) is 0 Å². The average Bonchev–Trinajstić information content (AvgIpc) is 2.48. The molecule has 120 valence electrons. The van der Waals surface area contributed by atoms with Gasteiger partial charge in [0.25, 0.3) is 0 Å². The highest BCUT2D eigenvalue weighted by molar-refractivity contribution is 9.10. The third kappa shape index (κ3) is 4.63. The van der Waals surface area contributed by atoms with Crippen molar-refractivity contribution in [3.05, 3.63) is 58.3 Å². The summed E-state index contributed by atoms with van der Waals surface area (Å²) in [6, 6.07) is 11.0. The molecule has 0 saturated heterocycles. The zero-order valence-corrected chi connectivity index (χ0v) is 14.4. The van der Waals surface area contributed by atoms with E-state index in [1.54, 1.807) is 18.2 Å². The smallest absolute Gasteiger partial charge is 0.244 e. The fraction of sp³-hybridized carbons (Fsp3) is 0.176. The zero-order valence-electron chi connectivity index (χ0n) is 12.8. The molecule has 0 spiro atoms. The summed E-state index contributed by atoms with van der Waals surface area (Å²) in [5.41, 5.74) is 2.01. The molecule has 0 fully saturated rings. The number of amides is 2. The van der Waals surface area contributed by atoms with E-state index in [2.05, 4.69) is 21.2 Å². The maximum Gasteiger partial charge on any atom is 0.244 e. The Labute approximate surface area is 142 Å². The first-order chi connectivity index (χ1) is 10.9. The Hall–Kier alpha value is -2.21. The zero-order chi connectivity index (χ0) is 17.0. The molecule has 0 atom stereocenters. The molecule has 0 aliphatic heterocycles. The highest BCUT2D eigenvalue weighted by Gasteiger charge is 2.16. The van der Waals surface area contributed by atoms with E-state index in [0.29, 0.717) is 11.4 Å². The maximum atomic E-state index is 13.3. The lowest BCUT2D eigenvalue weighted by Gasteiger charge is -2.20. The van der Waals surface area contributed by atoms with Crippen LogP contribution in [0.5, 0.6) is 0 Å². The van der Waals surface area contributed by atoms with E-state index < -0.39 is 5.82 Å². The first-order valence-corrected chi connectivity index (χ1v) is 7.76. The molecule has 2 aromatic carbocycles. The molecule has 0 unspecified atom stereocenters. The summed E-state index contributed by atoms with van der Waals surface area (Å²) in [5.74, 6) is -1.16. The molecule has 2 rings (SSSR count). The molecule has 0 heterocycles. The summed E-state index contributed by atoms with van der Waals surface area (Å²) in [7, 11) is 0. The van der Waals surface area contributed by atoms with Crippen LogP contribution in [0.3, 0.4) is 0 Å². The van der Waals surface area contributed by atoms with Gasteiger partial charge in [0, 0.05) is 22.8 Å². The van der Waals surface area contributed by atoms with Crippen molar-refractivity contribution in [3.8, 4) is 0 Å². The van der Waals surface area contributed by atoms with Gasteiger partial charge in [0.2, 0.25) is 11.8 Å². The Kier molecular flexibility index (Phi) is 5.50. The summed E-state index contributed by atoms with van der Waals surface area (Å²) < 4.78 is 14.2. The Morgan fingerprint density at radius 2 is 1.96 bits per heavy atom. The van der Waals surface area contributed by atoms with Crippen LogP contribution in [0.4, 0.5) is 15.8 Å². The number of halogens is 2. The van der Waals surface area contributed by atoms with Crippen LogP contribution in [0.2, 0.25) is 0 Å². The van der Waals surface area contributed by atoms with Gasteiger partial charge in [-0.1, -0.05) is 28.1 Å². The molecular formula is C17H16BrFN2O2. The van der Waals surface area contributed by atoms with E-state index >= 15 is 0 Å². The van der Waals surface area contributed by atoms with Crippen molar-refractivity contribution in [1.29, 1.82) is 0 Å². The second-order valence-electron chi connectivity index (χ2n) is 5.10. The van der Waals surface area contributed by atoms with Crippen LogP contribution >= 0.6 is 15.9 Å². The van der Waals surface area contributed by atoms with Crippen LogP contribution in [0, 0.1) is 12.7 Å². The maximum absolute atomic E-state index is 13.3. The van der Waals surface area contributed by atoms with Crippen LogP contribution in [0.1, 0.15) is 12.5 Å². The van der Waals surface area contributed by atoms with E-state index in [9.17, 15) is 14.0 Å². The first-order valence-electron chi connectivity index (χ1n) is 6.96. The summed E-state index contributed by atoms with van der Waals surface area (Å²) >= 11 is 3.40. The number of hydrogen-bond acceptors (Lipinski definition) is 2. The van der Waals surface area contributed by atoms with E-state index in [-0.39, 0.29) is 18.4 Å². The van der Waals surface area contributed by atoms with Crippen LogP contribution in [-0.4, -0.2) is 18.4 Å². The summed E-state index contributed by atoms with van der Waals surface area (Å²) in [6.07, 6.45) is 0. The molecule has 1 N–H and O–H groups in total. The summed E-state index contributed by atoms with van der Waals surface area (Å²) in [4.78, 5) is 25.1. The van der Waals surface area contributed by atoms with Gasteiger partial charge in [-0.15, -0.1) is 0 Å². The lowest BCUT2D eigenvalue weighted by Crippen LogP contribution is -2.36. The number of aryl methyl sites for hydroxylation is 1. The fourth-order valence-electron chi connectivity index (χ4n) is 2.04. The minimum atomic E-state index is -0.461. The molecule has 0 aliphatic carbocycles. The molecule has 0 bridgehead atoms. The molecule has 2 aromatic rings. The number of nitrogens with one attached hydrogen (secondary N) is 1. The number of benzene rings is 2. The number of carbonyl (C=O) groups excluding carboxylic acids is 2. The van der Waals surface area contributed by atoms with Crippen molar-refractivity contribution in [2.45, 2.75) is 13.8 Å². The predicted molar refractivity (Wildman–Crippen MR) is 91.9 cm³/mol. The van der Waals surface area contributed by atoms with Crippen molar-refractivity contribution in [3.63, 3.8) is 0 Å². The number of nitrogens with zero attached hydrogens (tertiary/aromatic N) is 1. The lowest BCUT2D eigenvalue weighted by atomic mass is 10.2. The van der Waals surface area contributed by atoms with Gasteiger partial charge in [0.1, 0.15) is 12.4 Å². The topological polar surface area (TPSA) is 49.4 Å². The molecular weight excluding hydrogens is 363 g/mol. The summed E-state index contributed by atoms with van der Waals surface area (Å²) in [5, 5.41) is 2.72. The van der Waals surface area contributed by atoms with Gasteiger partial charge in [-0.3, -0.25) is 9.59 Å². The predicted octanol–water partition coefficient (Wildman–Crippen LogP) is 3.89.